The summed E-state index contributed by atoms with van der Waals surface area (Å²) >= 11 is 0. The van der Waals surface area contributed by atoms with Gasteiger partial charge in [-0.3, -0.25) is 4.79 Å². The minimum Gasteiger partial charge on any atom is -0.481 e. The first kappa shape index (κ1) is 14.5. The smallest absolute Gasteiger partial charge is 0.305 e. The predicted molar refractivity (Wildman–Crippen MR) is 77.6 cm³/mol. The van der Waals surface area contributed by atoms with Crippen molar-refractivity contribution in [2.45, 2.75) is 55.4 Å². The van der Waals surface area contributed by atoms with Crippen molar-refractivity contribution >= 4 is 16.0 Å². The molecular formula is C15H19NO4S. The average Bonchev–Trinajstić information content (AvgIpc) is 2.82. The molecule has 1 aromatic carbocycles. The second-order valence-electron chi connectivity index (χ2n) is 6.09. The van der Waals surface area contributed by atoms with E-state index in [1.54, 1.807) is 12.1 Å². The number of carboxylic acids is 1. The third kappa shape index (κ3) is 2.82. The number of aryl methyl sites for hydroxylation is 2. The van der Waals surface area contributed by atoms with Crippen LogP contribution in [-0.2, 0) is 27.7 Å². The highest BCUT2D eigenvalue weighted by Gasteiger charge is 2.42. The molecule has 6 heteroatoms. The highest BCUT2D eigenvalue weighted by Crippen LogP contribution is 2.36. The molecule has 0 radical (unpaired) electrons. The first-order valence-corrected chi connectivity index (χ1v) is 8.76. The van der Waals surface area contributed by atoms with E-state index < -0.39 is 21.5 Å². The quantitative estimate of drug-likeness (QED) is 0.869. The second-order valence-corrected chi connectivity index (χ2v) is 7.78. The van der Waals surface area contributed by atoms with Crippen LogP contribution >= 0.6 is 0 Å². The highest BCUT2D eigenvalue weighted by atomic mass is 32.2. The van der Waals surface area contributed by atoms with Gasteiger partial charge in [0.25, 0.3) is 0 Å². The van der Waals surface area contributed by atoms with Crippen molar-refractivity contribution in [2.75, 3.05) is 0 Å². The molecule has 0 unspecified atom stereocenters. The lowest BCUT2D eigenvalue weighted by atomic mass is 9.75. The van der Waals surface area contributed by atoms with E-state index in [2.05, 4.69) is 4.72 Å². The number of fused-ring (bicyclic) bond motifs is 1. The van der Waals surface area contributed by atoms with E-state index >= 15 is 0 Å². The summed E-state index contributed by atoms with van der Waals surface area (Å²) < 4.78 is 27.7. The van der Waals surface area contributed by atoms with Gasteiger partial charge in [-0.15, -0.1) is 0 Å². The third-order valence-corrected chi connectivity index (χ3v) is 6.11. The number of nitrogens with one attached hydrogen (secondary N) is 1. The summed E-state index contributed by atoms with van der Waals surface area (Å²) in [6.45, 7) is 0. The molecule has 2 aliphatic rings. The van der Waals surface area contributed by atoms with Crippen LogP contribution in [0.3, 0.4) is 0 Å². The molecule has 5 nitrogen and oxygen atoms in total. The predicted octanol–water partition coefficient (Wildman–Crippen LogP) is 1.85. The van der Waals surface area contributed by atoms with Crippen molar-refractivity contribution in [3.8, 4) is 0 Å². The average molecular weight is 309 g/mol. The second kappa shape index (κ2) is 5.10. The molecule has 2 N–H and O–H groups in total. The molecule has 0 spiro atoms. The Bertz CT molecular complexity index is 677. The fourth-order valence-corrected chi connectivity index (χ4v) is 4.78. The number of carboxylic acid groups (broad SMARTS) is 1. The van der Waals surface area contributed by atoms with Crippen molar-refractivity contribution in [3.05, 3.63) is 29.3 Å². The Kier molecular flexibility index (Phi) is 3.53. The van der Waals surface area contributed by atoms with Crippen molar-refractivity contribution in [3.63, 3.8) is 0 Å². The molecule has 1 fully saturated rings. The van der Waals surface area contributed by atoms with Gasteiger partial charge in [0.2, 0.25) is 10.0 Å². The Morgan fingerprint density at radius 3 is 2.52 bits per heavy atom. The summed E-state index contributed by atoms with van der Waals surface area (Å²) in [7, 11) is -3.66. The molecule has 114 valence electrons. The standard InChI is InChI=1S/C15H19NO4S/c17-14(18)10-15(7-2-8-15)16-21(19,20)13-6-5-11-3-1-4-12(11)9-13/h5-6,9,16H,1-4,7-8,10H2,(H,17,18). The topological polar surface area (TPSA) is 83.5 Å². The Balaban J connectivity index is 1.85. The van der Waals surface area contributed by atoms with Gasteiger partial charge in [0.15, 0.2) is 0 Å². The number of sulfonamides is 1. The van der Waals surface area contributed by atoms with Gasteiger partial charge in [-0.25, -0.2) is 13.1 Å². The molecule has 3 rings (SSSR count). The maximum Gasteiger partial charge on any atom is 0.305 e. The van der Waals surface area contributed by atoms with E-state index in [1.807, 2.05) is 6.07 Å². The lowest BCUT2D eigenvalue weighted by Crippen LogP contribution is -2.54. The van der Waals surface area contributed by atoms with Crippen LogP contribution < -0.4 is 4.72 Å². The van der Waals surface area contributed by atoms with Crippen LogP contribution in [-0.4, -0.2) is 25.0 Å². The minimum atomic E-state index is -3.66. The van der Waals surface area contributed by atoms with Crippen LogP contribution in [0.1, 0.15) is 43.2 Å². The first-order chi connectivity index (χ1) is 9.90. The maximum atomic E-state index is 12.5. The molecule has 1 saturated carbocycles. The van der Waals surface area contributed by atoms with E-state index in [4.69, 9.17) is 5.11 Å². The molecule has 2 aliphatic carbocycles. The van der Waals surface area contributed by atoms with Gasteiger partial charge in [0.1, 0.15) is 0 Å². The monoisotopic (exact) mass is 309 g/mol. The molecule has 1 aromatic rings. The van der Waals surface area contributed by atoms with Crippen LogP contribution in [0.25, 0.3) is 0 Å². The third-order valence-electron chi connectivity index (χ3n) is 4.53. The number of hydrogen-bond acceptors (Lipinski definition) is 3. The summed E-state index contributed by atoms with van der Waals surface area (Å²) in [4.78, 5) is 11.2. The zero-order chi connectivity index (χ0) is 15.1. The molecule has 0 aliphatic heterocycles. The summed E-state index contributed by atoms with van der Waals surface area (Å²) in [5.41, 5.74) is 1.51. The van der Waals surface area contributed by atoms with Gasteiger partial charge in [-0.2, -0.15) is 0 Å². The number of rotatable bonds is 5. The highest BCUT2D eigenvalue weighted by molar-refractivity contribution is 7.89. The molecule has 0 heterocycles. The zero-order valence-corrected chi connectivity index (χ0v) is 12.6. The Morgan fingerprint density at radius 1 is 1.19 bits per heavy atom. The van der Waals surface area contributed by atoms with Crippen molar-refractivity contribution in [1.82, 2.24) is 4.72 Å². The number of benzene rings is 1. The van der Waals surface area contributed by atoms with Gasteiger partial charge < -0.3 is 5.11 Å². The van der Waals surface area contributed by atoms with Crippen LogP contribution in [0.2, 0.25) is 0 Å². The fourth-order valence-electron chi connectivity index (χ4n) is 3.27. The summed E-state index contributed by atoms with van der Waals surface area (Å²) in [6, 6.07) is 5.24. The minimum absolute atomic E-state index is 0.156. The summed E-state index contributed by atoms with van der Waals surface area (Å²) in [5.74, 6) is -0.966. The van der Waals surface area contributed by atoms with E-state index in [-0.39, 0.29) is 11.3 Å². The van der Waals surface area contributed by atoms with Gasteiger partial charge in [-0.05, 0) is 61.8 Å². The number of carbonyl (C=O) groups is 1. The normalized spacial score (nSPS) is 19.8. The van der Waals surface area contributed by atoms with Gasteiger partial charge >= 0.3 is 5.97 Å². The van der Waals surface area contributed by atoms with E-state index in [0.29, 0.717) is 12.8 Å². The van der Waals surface area contributed by atoms with E-state index in [1.165, 1.54) is 5.56 Å². The van der Waals surface area contributed by atoms with Crippen molar-refractivity contribution < 1.29 is 18.3 Å². The molecule has 0 aromatic heterocycles. The van der Waals surface area contributed by atoms with E-state index in [9.17, 15) is 13.2 Å². The number of hydrogen-bond donors (Lipinski definition) is 2. The SMILES string of the molecule is O=C(O)CC1(NS(=O)(=O)c2ccc3c(c2)CCC3)CCC1. The van der Waals surface area contributed by atoms with Gasteiger partial charge in [0, 0.05) is 5.54 Å². The lowest BCUT2D eigenvalue weighted by molar-refractivity contribution is -0.139. The summed E-state index contributed by atoms with van der Waals surface area (Å²) in [5, 5.41) is 8.97. The van der Waals surface area contributed by atoms with Crippen LogP contribution in [0.15, 0.2) is 23.1 Å². The Morgan fingerprint density at radius 2 is 1.90 bits per heavy atom. The Labute approximate surface area is 124 Å². The molecule has 21 heavy (non-hydrogen) atoms. The number of aliphatic carboxylic acids is 1. The fraction of sp³-hybridized carbons (Fsp3) is 0.533. The molecule has 0 amide bonds. The van der Waals surface area contributed by atoms with Crippen molar-refractivity contribution in [1.29, 1.82) is 0 Å². The summed E-state index contributed by atoms with van der Waals surface area (Å²) in [6.07, 6.45) is 4.87. The lowest BCUT2D eigenvalue weighted by Gasteiger charge is -2.41. The largest absolute Gasteiger partial charge is 0.481 e. The van der Waals surface area contributed by atoms with Crippen LogP contribution in [0.5, 0.6) is 0 Å². The van der Waals surface area contributed by atoms with E-state index in [0.717, 1.165) is 31.2 Å². The van der Waals surface area contributed by atoms with Gasteiger partial charge in [0.05, 0.1) is 11.3 Å². The maximum absolute atomic E-state index is 12.5. The first-order valence-electron chi connectivity index (χ1n) is 7.28. The van der Waals surface area contributed by atoms with Crippen LogP contribution in [0.4, 0.5) is 0 Å². The molecule has 0 bridgehead atoms. The van der Waals surface area contributed by atoms with Crippen LogP contribution in [0, 0.1) is 0 Å². The van der Waals surface area contributed by atoms with Crippen molar-refractivity contribution in [2.24, 2.45) is 0 Å². The molecule has 0 atom stereocenters. The zero-order valence-electron chi connectivity index (χ0n) is 11.8. The molecular weight excluding hydrogens is 290 g/mol. The molecule has 0 saturated heterocycles. The Hall–Kier alpha value is -1.40. The van der Waals surface area contributed by atoms with Gasteiger partial charge in [-0.1, -0.05) is 6.07 Å².